The summed E-state index contributed by atoms with van der Waals surface area (Å²) in [5.74, 6) is -1.39. The summed E-state index contributed by atoms with van der Waals surface area (Å²) in [6, 6.07) is 0. The summed E-state index contributed by atoms with van der Waals surface area (Å²) in [5.41, 5.74) is 0.614. The SMILES string of the molecule is C=C1CC(C(=O)O)=CC(=O)N1C. The molecule has 0 bridgehead atoms. The molecule has 0 aliphatic carbocycles. The molecule has 0 aromatic carbocycles. The van der Waals surface area contributed by atoms with Crippen molar-refractivity contribution in [3.8, 4) is 0 Å². The van der Waals surface area contributed by atoms with Gasteiger partial charge in [0.05, 0.1) is 0 Å². The van der Waals surface area contributed by atoms with E-state index in [1.165, 1.54) is 4.90 Å². The third kappa shape index (κ3) is 1.37. The lowest BCUT2D eigenvalue weighted by Crippen LogP contribution is -2.29. The largest absolute Gasteiger partial charge is 0.478 e. The Labute approximate surface area is 69.8 Å². The Hall–Kier alpha value is -1.58. The Balaban J connectivity index is 2.96. The molecule has 64 valence electrons. The second-order valence-electron chi connectivity index (χ2n) is 2.61. The predicted octanol–water partition coefficient (Wildman–Crippen LogP) is 0.373. The minimum Gasteiger partial charge on any atom is -0.478 e. The number of hydrogen-bond donors (Lipinski definition) is 1. The number of likely N-dealkylation sites (N-methyl/N-ethyl adjacent to an activating group) is 1. The Morgan fingerprint density at radius 1 is 1.75 bits per heavy atom. The number of allylic oxidation sites excluding steroid dienone is 1. The maximum atomic E-state index is 11.0. The van der Waals surface area contributed by atoms with Crippen molar-refractivity contribution in [1.82, 2.24) is 4.90 Å². The maximum Gasteiger partial charge on any atom is 0.332 e. The van der Waals surface area contributed by atoms with Crippen LogP contribution in [0.4, 0.5) is 0 Å². The minimum absolute atomic E-state index is 0.100. The molecule has 0 unspecified atom stereocenters. The first-order valence-electron chi connectivity index (χ1n) is 3.41. The summed E-state index contributed by atoms with van der Waals surface area (Å²) in [7, 11) is 1.57. The highest BCUT2D eigenvalue weighted by Gasteiger charge is 2.21. The molecule has 1 aliphatic heterocycles. The fraction of sp³-hybridized carbons (Fsp3) is 0.250. The number of amides is 1. The molecular formula is C8H9NO3. The number of aliphatic carboxylic acids is 1. The number of nitrogens with zero attached hydrogens (tertiary/aromatic N) is 1. The van der Waals surface area contributed by atoms with Gasteiger partial charge in [-0.15, -0.1) is 0 Å². The Bertz CT molecular complexity index is 291. The molecule has 1 aliphatic rings. The molecule has 1 heterocycles. The lowest BCUT2D eigenvalue weighted by Gasteiger charge is -2.22. The van der Waals surface area contributed by atoms with Gasteiger partial charge in [-0.05, 0) is 0 Å². The monoisotopic (exact) mass is 167 g/mol. The fourth-order valence-corrected chi connectivity index (χ4v) is 0.929. The number of hydrogen-bond acceptors (Lipinski definition) is 2. The van der Waals surface area contributed by atoms with Crippen molar-refractivity contribution < 1.29 is 14.7 Å². The van der Waals surface area contributed by atoms with Gasteiger partial charge in [0, 0.05) is 30.8 Å². The van der Waals surface area contributed by atoms with E-state index < -0.39 is 5.97 Å². The van der Waals surface area contributed by atoms with Gasteiger partial charge in [-0.3, -0.25) is 4.79 Å². The van der Waals surface area contributed by atoms with Gasteiger partial charge in [-0.25, -0.2) is 4.79 Å². The third-order valence-electron chi connectivity index (χ3n) is 1.77. The van der Waals surface area contributed by atoms with Gasteiger partial charge in [0.15, 0.2) is 0 Å². The lowest BCUT2D eigenvalue weighted by atomic mass is 10.1. The first-order chi connectivity index (χ1) is 5.52. The summed E-state index contributed by atoms with van der Waals surface area (Å²) in [6.45, 7) is 3.58. The Morgan fingerprint density at radius 3 is 2.75 bits per heavy atom. The van der Waals surface area contributed by atoms with Crippen LogP contribution in [0.3, 0.4) is 0 Å². The molecule has 4 heteroatoms. The first kappa shape index (κ1) is 8.52. The molecule has 1 N–H and O–H groups in total. The van der Waals surface area contributed by atoms with E-state index in [1.54, 1.807) is 7.05 Å². The molecule has 0 spiro atoms. The van der Waals surface area contributed by atoms with Gasteiger partial charge in [-0.1, -0.05) is 6.58 Å². The average molecular weight is 167 g/mol. The van der Waals surface area contributed by atoms with Gasteiger partial charge in [0.2, 0.25) is 0 Å². The van der Waals surface area contributed by atoms with E-state index in [1.807, 2.05) is 0 Å². The second-order valence-corrected chi connectivity index (χ2v) is 2.61. The fourth-order valence-electron chi connectivity index (χ4n) is 0.929. The van der Waals surface area contributed by atoms with E-state index in [4.69, 9.17) is 5.11 Å². The smallest absolute Gasteiger partial charge is 0.332 e. The molecule has 4 nitrogen and oxygen atoms in total. The summed E-state index contributed by atoms with van der Waals surface area (Å²) in [4.78, 5) is 22.9. The lowest BCUT2D eigenvalue weighted by molar-refractivity contribution is -0.134. The van der Waals surface area contributed by atoms with E-state index in [2.05, 4.69) is 6.58 Å². The van der Waals surface area contributed by atoms with Crippen LogP contribution in [0.25, 0.3) is 0 Å². The molecule has 0 fully saturated rings. The highest BCUT2D eigenvalue weighted by molar-refractivity contribution is 6.00. The normalized spacial score (nSPS) is 17.8. The van der Waals surface area contributed by atoms with Crippen LogP contribution in [0.2, 0.25) is 0 Å². The standard InChI is InChI=1S/C8H9NO3/c1-5-3-6(8(11)12)4-7(10)9(5)2/h4H,1,3H2,2H3,(H,11,12). The van der Waals surface area contributed by atoms with E-state index in [-0.39, 0.29) is 17.9 Å². The Morgan fingerprint density at radius 2 is 2.33 bits per heavy atom. The van der Waals surface area contributed by atoms with Crippen LogP contribution in [-0.4, -0.2) is 28.9 Å². The highest BCUT2D eigenvalue weighted by atomic mass is 16.4. The number of carboxylic acids is 1. The number of carbonyl (C=O) groups is 2. The van der Waals surface area contributed by atoms with Gasteiger partial charge in [-0.2, -0.15) is 0 Å². The quantitative estimate of drug-likeness (QED) is 0.614. The zero-order valence-corrected chi connectivity index (χ0v) is 6.70. The highest BCUT2D eigenvalue weighted by Crippen LogP contribution is 2.18. The van der Waals surface area contributed by atoms with Crippen LogP contribution < -0.4 is 0 Å². The average Bonchev–Trinajstić information content (AvgIpc) is 1.99. The van der Waals surface area contributed by atoms with Crippen molar-refractivity contribution in [2.45, 2.75) is 6.42 Å². The maximum absolute atomic E-state index is 11.0. The number of rotatable bonds is 1. The van der Waals surface area contributed by atoms with Gasteiger partial charge >= 0.3 is 5.97 Å². The van der Waals surface area contributed by atoms with Crippen molar-refractivity contribution in [3.63, 3.8) is 0 Å². The van der Waals surface area contributed by atoms with Crippen LogP contribution in [0, 0.1) is 0 Å². The first-order valence-corrected chi connectivity index (χ1v) is 3.41. The molecule has 0 saturated heterocycles. The Kier molecular flexibility index (Phi) is 1.99. The molecular weight excluding hydrogens is 158 g/mol. The van der Waals surface area contributed by atoms with Crippen molar-refractivity contribution in [1.29, 1.82) is 0 Å². The topological polar surface area (TPSA) is 57.6 Å². The van der Waals surface area contributed by atoms with Crippen molar-refractivity contribution in [2.75, 3.05) is 7.05 Å². The van der Waals surface area contributed by atoms with Crippen molar-refractivity contribution in [3.05, 3.63) is 23.9 Å². The summed E-state index contributed by atoms with van der Waals surface area (Å²) >= 11 is 0. The molecule has 0 radical (unpaired) electrons. The number of carboxylic acid groups (broad SMARTS) is 1. The molecule has 0 atom stereocenters. The molecule has 0 saturated carbocycles. The van der Waals surface area contributed by atoms with Crippen molar-refractivity contribution >= 4 is 11.9 Å². The zero-order chi connectivity index (χ0) is 9.30. The number of carbonyl (C=O) groups excluding carboxylic acids is 1. The van der Waals surface area contributed by atoms with E-state index in [9.17, 15) is 9.59 Å². The zero-order valence-electron chi connectivity index (χ0n) is 6.70. The summed E-state index contributed by atoms with van der Waals surface area (Å²) in [5, 5.41) is 8.58. The van der Waals surface area contributed by atoms with Gasteiger partial charge < -0.3 is 10.0 Å². The summed E-state index contributed by atoms with van der Waals surface area (Å²) in [6.07, 6.45) is 1.36. The van der Waals surface area contributed by atoms with Crippen LogP contribution in [0.1, 0.15) is 6.42 Å². The van der Waals surface area contributed by atoms with Gasteiger partial charge in [0.25, 0.3) is 5.91 Å². The van der Waals surface area contributed by atoms with Crippen LogP contribution in [0.15, 0.2) is 23.9 Å². The third-order valence-corrected chi connectivity index (χ3v) is 1.77. The van der Waals surface area contributed by atoms with Crippen LogP contribution in [-0.2, 0) is 9.59 Å². The molecule has 1 rings (SSSR count). The second kappa shape index (κ2) is 2.81. The molecule has 0 aromatic heterocycles. The predicted molar refractivity (Wildman–Crippen MR) is 42.2 cm³/mol. The van der Waals surface area contributed by atoms with E-state index >= 15 is 0 Å². The van der Waals surface area contributed by atoms with E-state index in [0.717, 1.165) is 6.08 Å². The van der Waals surface area contributed by atoms with E-state index in [0.29, 0.717) is 5.70 Å². The molecule has 12 heavy (non-hydrogen) atoms. The van der Waals surface area contributed by atoms with Crippen LogP contribution in [0.5, 0.6) is 0 Å². The summed E-state index contributed by atoms with van der Waals surface area (Å²) < 4.78 is 0. The van der Waals surface area contributed by atoms with Gasteiger partial charge in [0.1, 0.15) is 0 Å². The van der Waals surface area contributed by atoms with Crippen LogP contribution >= 0.6 is 0 Å². The molecule has 1 amide bonds. The minimum atomic E-state index is -1.06. The van der Waals surface area contributed by atoms with Crippen molar-refractivity contribution in [2.24, 2.45) is 0 Å². The molecule has 0 aromatic rings.